The molecule has 0 aromatic heterocycles. The molecule has 194 valence electrons. The van der Waals surface area contributed by atoms with Gasteiger partial charge in [-0.15, -0.1) is 0 Å². The Labute approximate surface area is 222 Å². The van der Waals surface area contributed by atoms with E-state index in [9.17, 15) is 4.79 Å². The lowest BCUT2D eigenvalue weighted by Crippen LogP contribution is -2.50. The molecule has 4 heteroatoms. The third-order valence-electron chi connectivity index (χ3n) is 8.43. The molecule has 3 atom stereocenters. The van der Waals surface area contributed by atoms with Crippen LogP contribution in [0.2, 0.25) is 0 Å². The van der Waals surface area contributed by atoms with Gasteiger partial charge in [0.15, 0.2) is 0 Å². The molecule has 1 saturated heterocycles. The Morgan fingerprint density at radius 3 is 2.46 bits per heavy atom. The average Bonchev–Trinajstić information content (AvgIpc) is 3.78. The molecule has 2 aliphatic rings. The van der Waals surface area contributed by atoms with Gasteiger partial charge in [-0.1, -0.05) is 72.8 Å². The molecule has 0 bridgehead atoms. The minimum Gasteiger partial charge on any atom is -0.385 e. The fourth-order valence-electron chi connectivity index (χ4n) is 6.01. The maximum atomic E-state index is 14.4. The van der Waals surface area contributed by atoms with E-state index in [1.807, 2.05) is 0 Å². The lowest BCUT2D eigenvalue weighted by atomic mass is 9.72. The fraction of sp³-hybridized carbons (Fsp3) is 0.424. The molecule has 37 heavy (non-hydrogen) atoms. The molecule has 1 aliphatic heterocycles. The molecule has 2 fully saturated rings. The number of amides is 1. The number of hydrogen-bond donors (Lipinski definition) is 1. The predicted molar refractivity (Wildman–Crippen MR) is 150 cm³/mol. The summed E-state index contributed by atoms with van der Waals surface area (Å²) in [6, 6.07) is 26.2. The van der Waals surface area contributed by atoms with Gasteiger partial charge >= 0.3 is 0 Å². The van der Waals surface area contributed by atoms with Gasteiger partial charge in [0, 0.05) is 38.8 Å². The molecule has 5 rings (SSSR count). The van der Waals surface area contributed by atoms with E-state index in [2.05, 4.69) is 96.9 Å². The largest absolute Gasteiger partial charge is 0.385 e. The first-order valence-corrected chi connectivity index (χ1v) is 13.8. The fourth-order valence-corrected chi connectivity index (χ4v) is 6.01. The van der Waals surface area contributed by atoms with Crippen molar-refractivity contribution in [3.63, 3.8) is 0 Å². The van der Waals surface area contributed by atoms with E-state index >= 15 is 0 Å². The van der Waals surface area contributed by atoms with Crippen LogP contribution in [0.3, 0.4) is 0 Å². The van der Waals surface area contributed by atoms with Crippen molar-refractivity contribution in [2.24, 2.45) is 11.8 Å². The van der Waals surface area contributed by atoms with Crippen LogP contribution in [0.15, 0.2) is 72.8 Å². The number of aryl methyl sites for hydroxylation is 1. The number of piperidine rings is 1. The Balaban J connectivity index is 1.48. The molecule has 0 spiro atoms. The Morgan fingerprint density at radius 2 is 1.70 bits per heavy atom. The first kappa shape index (κ1) is 25.7. The number of nitrogens with one attached hydrogen (secondary N) is 1. The van der Waals surface area contributed by atoms with Gasteiger partial charge in [0.2, 0.25) is 5.91 Å². The monoisotopic (exact) mass is 496 g/mol. The number of nitrogens with zero attached hydrogens (tertiary/aromatic N) is 1. The second-order valence-corrected chi connectivity index (χ2v) is 10.9. The van der Waals surface area contributed by atoms with E-state index in [0.29, 0.717) is 31.0 Å². The van der Waals surface area contributed by atoms with Crippen LogP contribution < -0.4 is 5.32 Å². The van der Waals surface area contributed by atoms with Gasteiger partial charge in [0.25, 0.3) is 0 Å². The number of methoxy groups -OCH3 is 1. The third kappa shape index (κ3) is 5.81. The van der Waals surface area contributed by atoms with E-state index < -0.39 is 0 Å². The molecule has 1 unspecified atom stereocenters. The molecule has 0 radical (unpaired) electrons. The lowest BCUT2D eigenvalue weighted by molar-refractivity contribution is -0.138. The molecule has 3 aromatic carbocycles. The summed E-state index contributed by atoms with van der Waals surface area (Å²) < 4.78 is 5.49. The highest BCUT2D eigenvalue weighted by Gasteiger charge is 2.43. The van der Waals surface area contributed by atoms with Crippen molar-refractivity contribution in [1.82, 2.24) is 10.2 Å². The molecule has 1 aliphatic carbocycles. The summed E-state index contributed by atoms with van der Waals surface area (Å²) >= 11 is 0. The van der Waals surface area contributed by atoms with Crippen molar-refractivity contribution in [2.45, 2.75) is 51.6 Å². The van der Waals surface area contributed by atoms with Gasteiger partial charge in [-0.2, -0.15) is 0 Å². The normalized spacial score (nSPS) is 21.5. The van der Waals surface area contributed by atoms with Crippen molar-refractivity contribution in [3.8, 4) is 11.1 Å². The molecular formula is C33H40N2O2. The Hall–Kier alpha value is -2.95. The highest BCUT2D eigenvalue weighted by Crippen LogP contribution is 2.41. The minimum absolute atomic E-state index is 0.0904. The van der Waals surface area contributed by atoms with Crippen LogP contribution in [0.1, 0.15) is 47.4 Å². The summed E-state index contributed by atoms with van der Waals surface area (Å²) in [7, 11) is 1.77. The highest BCUT2D eigenvalue weighted by atomic mass is 16.5. The number of carbonyl (C=O) groups is 1. The zero-order valence-corrected chi connectivity index (χ0v) is 22.5. The molecule has 3 aromatic rings. The number of carbonyl (C=O) groups excluding carboxylic acids is 1. The zero-order valence-electron chi connectivity index (χ0n) is 22.5. The Morgan fingerprint density at radius 1 is 0.946 bits per heavy atom. The maximum absolute atomic E-state index is 14.4. The van der Waals surface area contributed by atoms with E-state index in [1.165, 1.54) is 33.4 Å². The summed E-state index contributed by atoms with van der Waals surface area (Å²) in [6.45, 7) is 7.38. The Kier molecular flexibility index (Phi) is 8.07. The smallest absolute Gasteiger partial charge is 0.228 e. The Bertz CT molecular complexity index is 1200. The SMILES string of the molecule is COCCC1CNC[C@H](C(=O)N(Cc2cccc(C)c2C)C2CC2)[C@H]1c1cccc(-c2ccccc2)c1. The van der Waals surface area contributed by atoms with Crippen molar-refractivity contribution in [1.29, 1.82) is 0 Å². The zero-order chi connectivity index (χ0) is 25.8. The van der Waals surface area contributed by atoms with Crippen LogP contribution in [-0.2, 0) is 16.1 Å². The predicted octanol–water partition coefficient (Wildman–Crippen LogP) is 6.12. The molecule has 1 N–H and O–H groups in total. The molecule has 4 nitrogen and oxygen atoms in total. The summed E-state index contributed by atoms with van der Waals surface area (Å²) in [4.78, 5) is 16.6. The molecule has 1 amide bonds. The first-order chi connectivity index (χ1) is 18.1. The summed E-state index contributed by atoms with van der Waals surface area (Å²) in [5.74, 6) is 0.711. The number of ether oxygens (including phenoxy) is 1. The van der Waals surface area contributed by atoms with Gasteiger partial charge in [-0.25, -0.2) is 0 Å². The van der Waals surface area contributed by atoms with E-state index in [1.54, 1.807) is 7.11 Å². The van der Waals surface area contributed by atoms with Gasteiger partial charge in [0.05, 0.1) is 5.92 Å². The average molecular weight is 497 g/mol. The lowest BCUT2D eigenvalue weighted by Gasteiger charge is -2.41. The van der Waals surface area contributed by atoms with Crippen LogP contribution in [0.4, 0.5) is 0 Å². The molecule has 1 saturated carbocycles. The molecule has 1 heterocycles. The van der Waals surface area contributed by atoms with Crippen LogP contribution in [0.25, 0.3) is 11.1 Å². The quantitative estimate of drug-likeness (QED) is 0.388. The van der Waals surface area contributed by atoms with Gasteiger partial charge in [-0.3, -0.25) is 4.79 Å². The number of hydrogen-bond acceptors (Lipinski definition) is 3. The maximum Gasteiger partial charge on any atom is 0.228 e. The van der Waals surface area contributed by atoms with E-state index in [-0.39, 0.29) is 11.8 Å². The minimum atomic E-state index is -0.0904. The number of benzene rings is 3. The third-order valence-corrected chi connectivity index (χ3v) is 8.43. The standard InChI is InChI=1S/C33H40N2O2/c1-23-9-7-14-29(24(23)2)22-35(30-15-16-30)33(36)31-21-34-20-28(17-18-37-3)32(31)27-13-8-12-26(19-27)25-10-5-4-6-11-25/h4-14,19,28,30-32,34H,15-18,20-22H2,1-3H3/t28?,31-,32-/m0/s1. The first-order valence-electron chi connectivity index (χ1n) is 13.8. The van der Waals surface area contributed by atoms with Crippen LogP contribution in [0.5, 0.6) is 0 Å². The van der Waals surface area contributed by atoms with Gasteiger partial charge < -0.3 is 15.0 Å². The second-order valence-electron chi connectivity index (χ2n) is 10.9. The second kappa shape index (κ2) is 11.6. The van der Waals surface area contributed by atoms with Crippen molar-refractivity contribution >= 4 is 5.91 Å². The van der Waals surface area contributed by atoms with Gasteiger partial charge in [-0.05, 0) is 79.0 Å². The van der Waals surface area contributed by atoms with Crippen molar-refractivity contribution in [3.05, 3.63) is 95.1 Å². The topological polar surface area (TPSA) is 41.6 Å². The highest BCUT2D eigenvalue weighted by molar-refractivity contribution is 5.81. The van der Waals surface area contributed by atoms with Crippen LogP contribution >= 0.6 is 0 Å². The van der Waals surface area contributed by atoms with Crippen molar-refractivity contribution in [2.75, 3.05) is 26.8 Å². The summed E-state index contributed by atoms with van der Waals surface area (Å²) in [5.41, 5.74) is 7.54. The van der Waals surface area contributed by atoms with Crippen LogP contribution in [-0.4, -0.2) is 43.7 Å². The summed E-state index contributed by atoms with van der Waals surface area (Å²) in [5, 5.41) is 3.62. The number of rotatable bonds is 9. The van der Waals surface area contributed by atoms with E-state index in [0.717, 1.165) is 32.4 Å². The van der Waals surface area contributed by atoms with Crippen molar-refractivity contribution < 1.29 is 9.53 Å². The van der Waals surface area contributed by atoms with Gasteiger partial charge in [0.1, 0.15) is 0 Å². The van der Waals surface area contributed by atoms with Crippen LogP contribution in [0, 0.1) is 25.7 Å². The van der Waals surface area contributed by atoms with E-state index in [4.69, 9.17) is 4.74 Å². The summed E-state index contributed by atoms with van der Waals surface area (Å²) in [6.07, 6.45) is 3.16. The molecular weight excluding hydrogens is 456 g/mol.